The molecule has 0 saturated carbocycles. The van der Waals surface area contributed by atoms with Crippen LogP contribution in [0.2, 0.25) is 0 Å². The number of hydrogen-bond acceptors (Lipinski definition) is 8. The lowest BCUT2D eigenvalue weighted by atomic mass is 10.6. The van der Waals surface area contributed by atoms with Gasteiger partial charge in [-0.05, 0) is 6.92 Å². The van der Waals surface area contributed by atoms with E-state index in [4.69, 9.17) is 0 Å². The van der Waals surface area contributed by atoms with Gasteiger partial charge in [-0.25, -0.2) is 18.4 Å². The van der Waals surface area contributed by atoms with Crippen molar-refractivity contribution in [1.29, 1.82) is 0 Å². The van der Waals surface area contributed by atoms with Crippen molar-refractivity contribution in [3.63, 3.8) is 0 Å². The van der Waals surface area contributed by atoms with Gasteiger partial charge in [0.15, 0.2) is 0 Å². The van der Waals surface area contributed by atoms with Crippen molar-refractivity contribution in [1.82, 2.24) is 20.2 Å². The first kappa shape index (κ1) is 12.6. The highest BCUT2D eigenvalue weighted by atomic mass is 32.2. The van der Waals surface area contributed by atoms with E-state index < -0.39 is 10.0 Å². The van der Waals surface area contributed by atoms with Gasteiger partial charge >= 0.3 is 0 Å². The Morgan fingerprint density at radius 2 is 2.06 bits per heavy atom. The lowest BCUT2D eigenvalue weighted by Gasteiger charge is -2.05. The largest absolute Gasteiger partial charge is 0.355 e. The minimum atomic E-state index is -3.71. The molecule has 10 heteroatoms. The molecule has 2 rings (SSSR count). The van der Waals surface area contributed by atoms with E-state index in [0.29, 0.717) is 12.5 Å². The predicted molar refractivity (Wildman–Crippen MR) is 66.9 cm³/mol. The molecule has 0 aliphatic heterocycles. The van der Waals surface area contributed by atoms with Crippen LogP contribution in [-0.2, 0) is 10.0 Å². The smallest absolute Gasteiger partial charge is 0.266 e. The van der Waals surface area contributed by atoms with Crippen LogP contribution in [0.15, 0.2) is 22.8 Å². The first-order valence-electron chi connectivity index (χ1n) is 4.96. The summed E-state index contributed by atoms with van der Waals surface area (Å²) in [5.74, 6) is 0.382. The van der Waals surface area contributed by atoms with Gasteiger partial charge < -0.3 is 5.32 Å². The van der Waals surface area contributed by atoms with Crippen molar-refractivity contribution in [2.45, 2.75) is 11.8 Å². The SMILES string of the molecule is CCNc1ncc(S(=O)(=O)Nc2nncs2)cn1. The molecule has 0 spiro atoms. The van der Waals surface area contributed by atoms with E-state index in [1.165, 1.54) is 17.9 Å². The Kier molecular flexibility index (Phi) is 3.67. The molecule has 96 valence electrons. The van der Waals surface area contributed by atoms with Crippen LogP contribution in [-0.4, -0.2) is 35.1 Å². The molecule has 0 unspecified atom stereocenters. The van der Waals surface area contributed by atoms with E-state index in [1.54, 1.807) is 0 Å². The second-order valence-corrected chi connectivity index (χ2v) is 5.64. The number of anilines is 2. The maximum atomic E-state index is 11.9. The Bertz CT molecular complexity index is 595. The van der Waals surface area contributed by atoms with Crippen LogP contribution in [0, 0.1) is 0 Å². The summed E-state index contributed by atoms with van der Waals surface area (Å²) in [6, 6.07) is 0. The molecule has 0 radical (unpaired) electrons. The second kappa shape index (κ2) is 5.23. The van der Waals surface area contributed by atoms with Crippen LogP contribution >= 0.6 is 11.3 Å². The molecule has 0 aliphatic carbocycles. The third-order valence-corrected chi connectivity index (χ3v) is 3.88. The first-order chi connectivity index (χ1) is 8.62. The van der Waals surface area contributed by atoms with E-state index in [2.05, 4.69) is 30.2 Å². The summed E-state index contributed by atoms with van der Waals surface area (Å²) in [5, 5.41) is 10.2. The van der Waals surface area contributed by atoms with E-state index in [9.17, 15) is 8.42 Å². The molecular weight excluding hydrogens is 276 g/mol. The van der Waals surface area contributed by atoms with Gasteiger partial charge in [-0.2, -0.15) is 0 Å². The first-order valence-corrected chi connectivity index (χ1v) is 7.33. The van der Waals surface area contributed by atoms with Crippen LogP contribution in [0.5, 0.6) is 0 Å². The third kappa shape index (κ3) is 2.90. The summed E-state index contributed by atoms with van der Waals surface area (Å²) < 4.78 is 26.1. The minimum absolute atomic E-state index is 0.0284. The van der Waals surface area contributed by atoms with E-state index >= 15 is 0 Å². The fourth-order valence-electron chi connectivity index (χ4n) is 1.10. The van der Waals surface area contributed by atoms with Gasteiger partial charge in [0.05, 0.1) is 12.4 Å². The van der Waals surface area contributed by atoms with Crippen molar-refractivity contribution in [2.75, 3.05) is 16.6 Å². The van der Waals surface area contributed by atoms with Crippen LogP contribution in [0.4, 0.5) is 11.1 Å². The molecule has 0 aliphatic rings. The maximum absolute atomic E-state index is 11.9. The summed E-state index contributed by atoms with van der Waals surface area (Å²) >= 11 is 1.09. The summed E-state index contributed by atoms with van der Waals surface area (Å²) in [7, 11) is -3.71. The highest BCUT2D eigenvalue weighted by Crippen LogP contribution is 2.15. The van der Waals surface area contributed by atoms with Gasteiger partial charge in [0.25, 0.3) is 10.0 Å². The average molecular weight is 286 g/mol. The highest BCUT2D eigenvalue weighted by Gasteiger charge is 2.16. The Morgan fingerprint density at radius 1 is 1.33 bits per heavy atom. The molecule has 0 fully saturated rings. The average Bonchev–Trinajstić information content (AvgIpc) is 2.82. The molecule has 8 nitrogen and oxygen atoms in total. The van der Waals surface area contributed by atoms with Crippen LogP contribution in [0.3, 0.4) is 0 Å². The summed E-state index contributed by atoms with van der Waals surface area (Å²) in [6.07, 6.45) is 2.46. The predicted octanol–water partition coefficient (Wildman–Crippen LogP) is 0.561. The zero-order chi connectivity index (χ0) is 13.0. The fraction of sp³-hybridized carbons (Fsp3) is 0.250. The van der Waals surface area contributed by atoms with Gasteiger partial charge in [-0.15, -0.1) is 10.2 Å². The zero-order valence-corrected chi connectivity index (χ0v) is 11.0. The Morgan fingerprint density at radius 3 is 2.61 bits per heavy atom. The monoisotopic (exact) mass is 286 g/mol. The summed E-state index contributed by atoms with van der Waals surface area (Å²) in [4.78, 5) is 7.75. The number of sulfonamides is 1. The van der Waals surface area contributed by atoms with Gasteiger partial charge in [0.1, 0.15) is 10.4 Å². The van der Waals surface area contributed by atoms with Crippen molar-refractivity contribution >= 4 is 32.4 Å². The van der Waals surface area contributed by atoms with Crippen molar-refractivity contribution in [3.8, 4) is 0 Å². The maximum Gasteiger partial charge on any atom is 0.266 e. The van der Waals surface area contributed by atoms with Crippen LogP contribution in [0.1, 0.15) is 6.92 Å². The molecule has 2 heterocycles. The van der Waals surface area contributed by atoms with E-state index in [-0.39, 0.29) is 10.0 Å². The van der Waals surface area contributed by atoms with E-state index in [1.807, 2.05) is 6.92 Å². The molecule has 0 bridgehead atoms. The van der Waals surface area contributed by atoms with Crippen LogP contribution < -0.4 is 10.0 Å². The normalized spacial score (nSPS) is 11.2. The second-order valence-electron chi connectivity index (χ2n) is 3.12. The zero-order valence-electron chi connectivity index (χ0n) is 9.36. The molecular formula is C8H10N6O2S2. The number of rotatable bonds is 5. The number of hydrogen-bond donors (Lipinski definition) is 2. The third-order valence-electron chi connectivity index (χ3n) is 1.86. The molecule has 0 amide bonds. The lowest BCUT2D eigenvalue weighted by molar-refractivity contribution is 0.600. The van der Waals surface area contributed by atoms with Gasteiger partial charge in [-0.3, -0.25) is 4.72 Å². The number of nitrogens with zero attached hydrogens (tertiary/aromatic N) is 4. The minimum Gasteiger partial charge on any atom is -0.355 e. The molecule has 2 aromatic heterocycles. The molecule has 0 atom stereocenters. The lowest BCUT2D eigenvalue weighted by Crippen LogP contribution is -2.14. The molecule has 2 N–H and O–H groups in total. The summed E-state index contributed by atoms with van der Waals surface area (Å²) in [6.45, 7) is 2.56. The van der Waals surface area contributed by atoms with Crippen molar-refractivity contribution in [2.24, 2.45) is 0 Å². The summed E-state index contributed by atoms with van der Waals surface area (Å²) in [5.41, 5.74) is 1.43. The molecule has 2 aromatic rings. The van der Waals surface area contributed by atoms with Crippen molar-refractivity contribution < 1.29 is 8.42 Å². The molecule has 0 aromatic carbocycles. The topological polar surface area (TPSA) is 110 Å². The highest BCUT2D eigenvalue weighted by molar-refractivity contribution is 7.93. The Labute approximate surface area is 108 Å². The van der Waals surface area contributed by atoms with Crippen LogP contribution in [0.25, 0.3) is 0 Å². The van der Waals surface area contributed by atoms with Gasteiger partial charge in [0.2, 0.25) is 11.1 Å². The van der Waals surface area contributed by atoms with Gasteiger partial charge in [0, 0.05) is 6.54 Å². The molecule has 18 heavy (non-hydrogen) atoms. The Balaban J connectivity index is 2.19. The van der Waals surface area contributed by atoms with Gasteiger partial charge in [-0.1, -0.05) is 11.3 Å². The Hall–Kier alpha value is -1.81. The number of aromatic nitrogens is 4. The quantitative estimate of drug-likeness (QED) is 0.826. The van der Waals surface area contributed by atoms with E-state index in [0.717, 1.165) is 11.3 Å². The standard InChI is InChI=1S/C8H10N6O2S2/c1-2-9-7-10-3-6(4-11-7)18(15,16)14-8-13-12-5-17-8/h3-5H,2H2,1H3,(H,13,14)(H,9,10,11). The van der Waals surface area contributed by atoms with Crippen molar-refractivity contribution in [3.05, 3.63) is 17.9 Å². The number of nitrogens with one attached hydrogen (secondary N) is 2. The fourth-order valence-corrected chi connectivity index (χ4v) is 2.68. The molecule has 0 saturated heterocycles.